The number of nitrogens with one attached hydrogen (secondary N) is 1. The third kappa shape index (κ3) is 3.05. The molecule has 2 heteroatoms. The van der Waals surface area contributed by atoms with E-state index < -0.39 is 0 Å². The van der Waals surface area contributed by atoms with Crippen LogP contribution in [-0.4, -0.2) is 31.6 Å². The van der Waals surface area contributed by atoms with Gasteiger partial charge in [0.05, 0.1) is 0 Å². The lowest BCUT2D eigenvalue weighted by atomic mass is 10.1. The van der Waals surface area contributed by atoms with Gasteiger partial charge in [-0.25, -0.2) is 0 Å². The van der Waals surface area contributed by atoms with Crippen molar-refractivity contribution in [1.82, 2.24) is 10.2 Å². The Morgan fingerprint density at radius 1 is 1.33 bits per heavy atom. The minimum atomic E-state index is 0.846. The molecule has 1 aromatic rings. The van der Waals surface area contributed by atoms with E-state index in [2.05, 4.69) is 40.5 Å². The fourth-order valence-corrected chi connectivity index (χ4v) is 2.35. The van der Waals surface area contributed by atoms with Gasteiger partial charge in [0.1, 0.15) is 0 Å². The Balaban J connectivity index is 1.82. The number of nitrogens with zero attached hydrogens (tertiary/aromatic N) is 1. The zero-order chi connectivity index (χ0) is 10.5. The highest BCUT2D eigenvalue weighted by Crippen LogP contribution is 2.17. The topological polar surface area (TPSA) is 15.3 Å². The summed E-state index contributed by atoms with van der Waals surface area (Å²) in [4.78, 5) is 2.55. The van der Waals surface area contributed by atoms with Crippen LogP contribution in [0, 0.1) is 5.92 Å². The summed E-state index contributed by atoms with van der Waals surface area (Å²) < 4.78 is 0. The van der Waals surface area contributed by atoms with Gasteiger partial charge in [0, 0.05) is 13.1 Å². The molecule has 2 nitrogen and oxygen atoms in total. The minimum absolute atomic E-state index is 0.846. The summed E-state index contributed by atoms with van der Waals surface area (Å²) in [5, 5.41) is 3.27. The average Bonchev–Trinajstić information content (AvgIpc) is 2.68. The highest BCUT2D eigenvalue weighted by Gasteiger charge is 2.21. The number of hydrogen-bond acceptors (Lipinski definition) is 2. The molecule has 1 atom stereocenters. The van der Waals surface area contributed by atoms with Crippen LogP contribution in [0.5, 0.6) is 0 Å². The standard InChI is InChI=1S/C13H20N2/c1-14-9-13-7-8-15(11-13)10-12-5-3-2-4-6-12/h2-6,13-14H,7-11H2,1H3. The summed E-state index contributed by atoms with van der Waals surface area (Å²) in [5.41, 5.74) is 1.43. The summed E-state index contributed by atoms with van der Waals surface area (Å²) in [7, 11) is 2.04. The number of benzene rings is 1. The Bertz CT molecular complexity index is 284. The fraction of sp³-hybridized carbons (Fsp3) is 0.538. The van der Waals surface area contributed by atoms with Crippen molar-refractivity contribution in [2.75, 3.05) is 26.7 Å². The van der Waals surface area contributed by atoms with Gasteiger partial charge in [-0.2, -0.15) is 0 Å². The molecule has 2 rings (SSSR count). The van der Waals surface area contributed by atoms with Crippen LogP contribution in [0.4, 0.5) is 0 Å². The van der Waals surface area contributed by atoms with Crippen molar-refractivity contribution < 1.29 is 0 Å². The summed E-state index contributed by atoms with van der Waals surface area (Å²) >= 11 is 0. The second kappa shape index (κ2) is 5.29. The third-order valence-corrected chi connectivity index (χ3v) is 3.11. The molecule has 0 spiro atoms. The average molecular weight is 204 g/mol. The summed E-state index contributed by atoms with van der Waals surface area (Å²) in [6.07, 6.45) is 1.34. The minimum Gasteiger partial charge on any atom is -0.319 e. The molecule has 1 saturated heterocycles. The molecule has 0 aliphatic carbocycles. The van der Waals surface area contributed by atoms with Gasteiger partial charge in [0.15, 0.2) is 0 Å². The van der Waals surface area contributed by atoms with Crippen LogP contribution in [-0.2, 0) is 6.54 Å². The molecule has 82 valence electrons. The fourth-order valence-electron chi connectivity index (χ4n) is 2.35. The Labute approximate surface area is 92.3 Å². The molecule has 1 fully saturated rings. The molecule has 15 heavy (non-hydrogen) atoms. The zero-order valence-electron chi connectivity index (χ0n) is 9.45. The second-order valence-corrected chi connectivity index (χ2v) is 4.43. The van der Waals surface area contributed by atoms with Crippen LogP contribution < -0.4 is 5.32 Å². The molecule has 1 aromatic carbocycles. The predicted molar refractivity (Wildman–Crippen MR) is 63.8 cm³/mol. The van der Waals surface area contributed by atoms with E-state index in [0.717, 1.165) is 19.0 Å². The van der Waals surface area contributed by atoms with Crippen molar-refractivity contribution in [2.45, 2.75) is 13.0 Å². The van der Waals surface area contributed by atoms with Crippen LogP contribution in [0.15, 0.2) is 30.3 Å². The highest BCUT2D eigenvalue weighted by molar-refractivity contribution is 5.14. The van der Waals surface area contributed by atoms with Crippen LogP contribution in [0.1, 0.15) is 12.0 Å². The molecule has 0 bridgehead atoms. The lowest BCUT2D eigenvalue weighted by molar-refractivity contribution is 0.315. The lowest BCUT2D eigenvalue weighted by Gasteiger charge is -2.15. The first-order chi connectivity index (χ1) is 7.38. The van der Waals surface area contributed by atoms with Crippen molar-refractivity contribution in [3.05, 3.63) is 35.9 Å². The maximum absolute atomic E-state index is 3.27. The first kappa shape index (κ1) is 10.7. The maximum atomic E-state index is 3.27. The van der Waals surface area contributed by atoms with Crippen LogP contribution >= 0.6 is 0 Å². The van der Waals surface area contributed by atoms with Crippen molar-refractivity contribution in [3.8, 4) is 0 Å². The van der Waals surface area contributed by atoms with E-state index in [1.165, 1.54) is 25.1 Å². The van der Waals surface area contributed by atoms with E-state index in [-0.39, 0.29) is 0 Å². The Morgan fingerprint density at radius 3 is 2.87 bits per heavy atom. The third-order valence-electron chi connectivity index (χ3n) is 3.11. The van der Waals surface area contributed by atoms with Crippen LogP contribution in [0.3, 0.4) is 0 Å². The SMILES string of the molecule is CNCC1CCN(Cc2ccccc2)C1. The number of hydrogen-bond donors (Lipinski definition) is 1. The molecule has 0 saturated carbocycles. The first-order valence-corrected chi connectivity index (χ1v) is 5.79. The molecule has 1 heterocycles. The molecular formula is C13H20N2. The van der Waals surface area contributed by atoms with E-state index in [4.69, 9.17) is 0 Å². The summed E-state index contributed by atoms with van der Waals surface area (Å²) in [6.45, 7) is 4.77. The Morgan fingerprint density at radius 2 is 2.13 bits per heavy atom. The molecular weight excluding hydrogens is 184 g/mol. The maximum Gasteiger partial charge on any atom is 0.0233 e. The number of likely N-dealkylation sites (tertiary alicyclic amines) is 1. The van der Waals surface area contributed by atoms with Crippen LogP contribution in [0.25, 0.3) is 0 Å². The molecule has 0 amide bonds. The molecule has 1 aliphatic heterocycles. The van der Waals surface area contributed by atoms with Crippen molar-refractivity contribution >= 4 is 0 Å². The molecule has 1 aliphatic rings. The predicted octanol–water partition coefficient (Wildman–Crippen LogP) is 1.73. The largest absolute Gasteiger partial charge is 0.319 e. The van der Waals surface area contributed by atoms with Gasteiger partial charge in [-0.3, -0.25) is 4.90 Å². The monoisotopic (exact) mass is 204 g/mol. The van der Waals surface area contributed by atoms with E-state index >= 15 is 0 Å². The summed E-state index contributed by atoms with van der Waals surface area (Å²) in [6, 6.07) is 10.8. The smallest absolute Gasteiger partial charge is 0.0233 e. The van der Waals surface area contributed by atoms with Gasteiger partial charge in [-0.15, -0.1) is 0 Å². The van der Waals surface area contributed by atoms with Gasteiger partial charge in [0.2, 0.25) is 0 Å². The van der Waals surface area contributed by atoms with Gasteiger partial charge in [-0.05, 0) is 38.0 Å². The van der Waals surface area contributed by atoms with Crippen molar-refractivity contribution in [1.29, 1.82) is 0 Å². The van der Waals surface area contributed by atoms with Gasteiger partial charge in [0.25, 0.3) is 0 Å². The lowest BCUT2D eigenvalue weighted by Crippen LogP contribution is -2.24. The van der Waals surface area contributed by atoms with Crippen LogP contribution in [0.2, 0.25) is 0 Å². The van der Waals surface area contributed by atoms with E-state index in [1.807, 2.05) is 7.05 Å². The first-order valence-electron chi connectivity index (χ1n) is 5.79. The van der Waals surface area contributed by atoms with E-state index in [0.29, 0.717) is 0 Å². The second-order valence-electron chi connectivity index (χ2n) is 4.43. The summed E-state index contributed by atoms with van der Waals surface area (Å²) in [5.74, 6) is 0.846. The zero-order valence-corrected chi connectivity index (χ0v) is 9.45. The van der Waals surface area contributed by atoms with Crippen molar-refractivity contribution in [3.63, 3.8) is 0 Å². The molecule has 0 aromatic heterocycles. The molecule has 1 unspecified atom stereocenters. The van der Waals surface area contributed by atoms with Gasteiger partial charge >= 0.3 is 0 Å². The molecule has 0 radical (unpaired) electrons. The van der Waals surface area contributed by atoms with E-state index in [1.54, 1.807) is 0 Å². The van der Waals surface area contributed by atoms with Crippen molar-refractivity contribution in [2.24, 2.45) is 5.92 Å². The van der Waals surface area contributed by atoms with Gasteiger partial charge in [-0.1, -0.05) is 30.3 Å². The highest BCUT2D eigenvalue weighted by atomic mass is 15.1. The normalized spacial score (nSPS) is 22.1. The quantitative estimate of drug-likeness (QED) is 0.803. The Hall–Kier alpha value is -0.860. The van der Waals surface area contributed by atoms with E-state index in [9.17, 15) is 0 Å². The molecule has 1 N–H and O–H groups in total. The number of rotatable bonds is 4. The Kier molecular flexibility index (Phi) is 3.75. The van der Waals surface area contributed by atoms with Gasteiger partial charge < -0.3 is 5.32 Å².